The topological polar surface area (TPSA) is 76.9 Å². The van der Waals surface area contributed by atoms with Gasteiger partial charge in [-0.15, -0.1) is 0 Å². The highest BCUT2D eigenvalue weighted by Gasteiger charge is 2.15. The third-order valence-electron chi connectivity index (χ3n) is 2.20. The number of hydrogen-bond acceptors (Lipinski definition) is 4. The summed E-state index contributed by atoms with van der Waals surface area (Å²) in [6, 6.07) is 1.49. The lowest BCUT2D eigenvalue weighted by atomic mass is 10.5. The maximum Gasteiger partial charge on any atom is 0.263 e. The van der Waals surface area contributed by atoms with E-state index in [4.69, 9.17) is 0 Å². The van der Waals surface area contributed by atoms with Gasteiger partial charge in [0.1, 0.15) is 4.90 Å². The smallest absolute Gasteiger partial charge is 0.263 e. The third kappa shape index (κ3) is 2.88. The maximum atomic E-state index is 12.0. The van der Waals surface area contributed by atoms with Crippen LogP contribution in [0.2, 0.25) is 0 Å². The fourth-order valence-electron chi connectivity index (χ4n) is 1.34. The highest BCUT2D eigenvalue weighted by molar-refractivity contribution is 9.10. The summed E-state index contributed by atoms with van der Waals surface area (Å²) in [6.45, 7) is 2.60. The van der Waals surface area contributed by atoms with Crippen molar-refractivity contribution in [2.45, 2.75) is 18.4 Å². The first-order valence-electron chi connectivity index (χ1n) is 5.17. The minimum atomic E-state index is -3.63. The summed E-state index contributed by atoms with van der Waals surface area (Å²) < 4.78 is 28.8. The Morgan fingerprint density at radius 3 is 2.78 bits per heavy atom. The van der Waals surface area contributed by atoms with E-state index in [1.807, 2.05) is 6.92 Å². The summed E-state index contributed by atoms with van der Waals surface area (Å²) in [6.07, 6.45) is 5.90. The summed E-state index contributed by atoms with van der Waals surface area (Å²) in [5.74, 6) is 0. The zero-order valence-corrected chi connectivity index (χ0v) is 11.9. The van der Waals surface area contributed by atoms with Crippen LogP contribution in [0.25, 0.3) is 0 Å². The summed E-state index contributed by atoms with van der Waals surface area (Å²) in [4.78, 5) is 3.92. The lowest BCUT2D eigenvalue weighted by Crippen LogP contribution is -2.12. The monoisotopic (exact) mass is 330 g/mol. The molecule has 0 aliphatic carbocycles. The molecule has 0 aliphatic rings. The molecule has 8 heteroatoms. The molecule has 0 spiro atoms. The number of halogens is 1. The lowest BCUT2D eigenvalue weighted by Gasteiger charge is -2.05. The zero-order valence-electron chi connectivity index (χ0n) is 9.54. The Morgan fingerprint density at radius 1 is 1.39 bits per heavy atom. The van der Waals surface area contributed by atoms with Crippen molar-refractivity contribution in [3.8, 4) is 0 Å². The predicted octanol–water partition coefficient (Wildman–Crippen LogP) is 1.86. The zero-order chi connectivity index (χ0) is 13.2. The Labute approximate surface area is 113 Å². The fraction of sp³-hybridized carbons (Fsp3) is 0.200. The van der Waals surface area contributed by atoms with Crippen molar-refractivity contribution in [1.82, 2.24) is 14.8 Å². The fourth-order valence-corrected chi connectivity index (χ4v) is 2.87. The first-order chi connectivity index (χ1) is 8.51. The number of nitrogens with zero attached hydrogens (tertiary/aromatic N) is 3. The van der Waals surface area contributed by atoms with Gasteiger partial charge in [-0.05, 0) is 28.9 Å². The van der Waals surface area contributed by atoms with Gasteiger partial charge in [0.05, 0.1) is 11.9 Å². The molecule has 2 heterocycles. The number of anilines is 1. The number of aromatic nitrogens is 3. The molecule has 0 saturated carbocycles. The molecule has 2 aromatic rings. The molecule has 0 radical (unpaired) electrons. The van der Waals surface area contributed by atoms with Gasteiger partial charge >= 0.3 is 0 Å². The number of rotatable bonds is 4. The molecular formula is C10H11BrN4O2S. The van der Waals surface area contributed by atoms with Gasteiger partial charge < -0.3 is 0 Å². The quantitative estimate of drug-likeness (QED) is 0.928. The van der Waals surface area contributed by atoms with Crippen LogP contribution in [0.1, 0.15) is 6.92 Å². The molecule has 0 aromatic carbocycles. The van der Waals surface area contributed by atoms with Crippen LogP contribution in [-0.2, 0) is 16.6 Å². The Morgan fingerprint density at radius 2 is 2.17 bits per heavy atom. The molecule has 0 atom stereocenters. The molecule has 18 heavy (non-hydrogen) atoms. The van der Waals surface area contributed by atoms with Crippen LogP contribution in [0.3, 0.4) is 0 Å². The number of aryl methyl sites for hydroxylation is 1. The molecule has 0 amide bonds. The SMILES string of the molecule is CCn1cc(NS(=O)(=O)c2cncc(Br)c2)cn1. The summed E-state index contributed by atoms with van der Waals surface area (Å²) >= 11 is 3.18. The van der Waals surface area contributed by atoms with Crippen molar-refractivity contribution >= 4 is 31.6 Å². The number of nitrogens with one attached hydrogen (secondary N) is 1. The first-order valence-corrected chi connectivity index (χ1v) is 7.44. The van der Waals surface area contributed by atoms with Crippen LogP contribution < -0.4 is 4.72 Å². The summed E-state index contributed by atoms with van der Waals surface area (Å²) in [5.41, 5.74) is 0.428. The summed E-state index contributed by atoms with van der Waals surface area (Å²) in [7, 11) is -3.63. The molecular weight excluding hydrogens is 320 g/mol. The van der Waals surface area contributed by atoms with E-state index in [-0.39, 0.29) is 4.90 Å². The molecule has 0 bridgehead atoms. The maximum absolute atomic E-state index is 12.0. The number of pyridine rings is 1. The van der Waals surface area contributed by atoms with Crippen LogP contribution in [0, 0.1) is 0 Å². The minimum Gasteiger partial charge on any atom is -0.276 e. The van der Waals surface area contributed by atoms with Crippen molar-refractivity contribution in [1.29, 1.82) is 0 Å². The number of sulfonamides is 1. The number of hydrogen-bond donors (Lipinski definition) is 1. The largest absolute Gasteiger partial charge is 0.276 e. The predicted molar refractivity (Wildman–Crippen MR) is 70.6 cm³/mol. The van der Waals surface area contributed by atoms with E-state index in [0.29, 0.717) is 16.7 Å². The van der Waals surface area contributed by atoms with Crippen LogP contribution in [0.15, 0.2) is 40.2 Å². The van der Waals surface area contributed by atoms with E-state index < -0.39 is 10.0 Å². The highest BCUT2D eigenvalue weighted by Crippen LogP contribution is 2.17. The van der Waals surface area contributed by atoms with Crippen molar-refractivity contribution in [3.05, 3.63) is 35.3 Å². The van der Waals surface area contributed by atoms with Gasteiger partial charge in [0.15, 0.2) is 0 Å². The summed E-state index contributed by atoms with van der Waals surface area (Å²) in [5, 5.41) is 3.99. The Hall–Kier alpha value is -1.41. The van der Waals surface area contributed by atoms with Gasteiger partial charge in [-0.1, -0.05) is 0 Å². The molecule has 2 rings (SSSR count). The van der Waals surface area contributed by atoms with Crippen molar-refractivity contribution in [3.63, 3.8) is 0 Å². The van der Waals surface area contributed by atoms with Gasteiger partial charge in [0, 0.05) is 29.6 Å². The average molecular weight is 331 g/mol. The van der Waals surface area contributed by atoms with E-state index in [9.17, 15) is 8.42 Å². The van der Waals surface area contributed by atoms with Gasteiger partial charge in [-0.25, -0.2) is 8.42 Å². The van der Waals surface area contributed by atoms with Crippen LogP contribution in [0.5, 0.6) is 0 Å². The second-order valence-electron chi connectivity index (χ2n) is 3.53. The molecule has 0 saturated heterocycles. The second kappa shape index (κ2) is 5.07. The molecule has 1 N–H and O–H groups in total. The van der Waals surface area contributed by atoms with Gasteiger partial charge in [0.2, 0.25) is 0 Å². The second-order valence-corrected chi connectivity index (χ2v) is 6.13. The van der Waals surface area contributed by atoms with E-state index in [1.165, 1.54) is 24.7 Å². The van der Waals surface area contributed by atoms with Crippen LogP contribution in [0.4, 0.5) is 5.69 Å². The molecule has 2 aromatic heterocycles. The van der Waals surface area contributed by atoms with Gasteiger partial charge in [0.25, 0.3) is 10.0 Å². The van der Waals surface area contributed by atoms with Crippen LogP contribution in [-0.4, -0.2) is 23.2 Å². The molecule has 0 unspecified atom stereocenters. The van der Waals surface area contributed by atoms with E-state index in [0.717, 1.165) is 0 Å². The highest BCUT2D eigenvalue weighted by atomic mass is 79.9. The van der Waals surface area contributed by atoms with E-state index in [1.54, 1.807) is 10.9 Å². The Kier molecular flexibility index (Phi) is 3.67. The first kappa shape index (κ1) is 13.0. The molecule has 96 valence electrons. The molecule has 0 aliphatic heterocycles. The van der Waals surface area contributed by atoms with E-state index >= 15 is 0 Å². The lowest BCUT2D eigenvalue weighted by molar-refractivity contribution is 0.600. The van der Waals surface area contributed by atoms with Crippen molar-refractivity contribution in [2.75, 3.05) is 4.72 Å². The van der Waals surface area contributed by atoms with Crippen LogP contribution >= 0.6 is 15.9 Å². The average Bonchev–Trinajstić information content (AvgIpc) is 2.76. The standard InChI is InChI=1S/C10H11BrN4O2S/c1-2-15-7-9(5-13-15)14-18(16,17)10-3-8(11)4-12-6-10/h3-7,14H,2H2,1H3. The molecule has 0 fully saturated rings. The Bertz CT molecular complexity index is 653. The Balaban J connectivity index is 2.27. The van der Waals surface area contributed by atoms with Gasteiger partial charge in [-0.3, -0.25) is 14.4 Å². The van der Waals surface area contributed by atoms with Gasteiger partial charge in [-0.2, -0.15) is 5.10 Å². The normalized spacial score (nSPS) is 11.4. The van der Waals surface area contributed by atoms with Crippen molar-refractivity contribution in [2.24, 2.45) is 0 Å². The van der Waals surface area contributed by atoms with Crippen molar-refractivity contribution < 1.29 is 8.42 Å². The third-order valence-corrected chi connectivity index (χ3v) is 3.98. The van der Waals surface area contributed by atoms with E-state index in [2.05, 4.69) is 30.7 Å². The minimum absolute atomic E-state index is 0.0983. The molecule has 6 nitrogen and oxygen atoms in total.